The highest BCUT2D eigenvalue weighted by Crippen LogP contribution is 2.33. The van der Waals surface area contributed by atoms with Crippen molar-refractivity contribution in [1.82, 2.24) is 10.2 Å². The van der Waals surface area contributed by atoms with Crippen LogP contribution < -0.4 is 10.2 Å². The van der Waals surface area contributed by atoms with Gasteiger partial charge in [-0.15, -0.1) is 0 Å². The Morgan fingerprint density at radius 3 is 2.76 bits per heavy atom. The molecule has 0 amide bonds. The van der Waals surface area contributed by atoms with Crippen molar-refractivity contribution in [2.24, 2.45) is 4.99 Å². The summed E-state index contributed by atoms with van der Waals surface area (Å²) in [7, 11) is 0. The molecular weight excluding hydrogens is 344 g/mol. The lowest BCUT2D eigenvalue weighted by atomic mass is 10.2. The first kappa shape index (κ1) is 19.0. The van der Waals surface area contributed by atoms with Gasteiger partial charge in [0.15, 0.2) is 11.4 Å². The smallest absolute Gasteiger partial charge is 0.294 e. The number of rotatable bonds is 5. The SMILES string of the molecule is CSC(=Nc1ccc(N2CCN(CCO)CC2)c([N+](=O)[O-])c1)NC#N. The zero-order valence-corrected chi connectivity index (χ0v) is 14.7. The van der Waals surface area contributed by atoms with Gasteiger partial charge in [-0.05, 0) is 18.4 Å². The van der Waals surface area contributed by atoms with Gasteiger partial charge in [-0.3, -0.25) is 20.3 Å². The van der Waals surface area contributed by atoms with E-state index < -0.39 is 4.92 Å². The summed E-state index contributed by atoms with van der Waals surface area (Å²) in [6, 6.07) is 4.82. The molecule has 2 N–H and O–H groups in total. The van der Waals surface area contributed by atoms with Crippen LogP contribution >= 0.6 is 11.8 Å². The summed E-state index contributed by atoms with van der Waals surface area (Å²) in [5, 5.41) is 32.0. The number of nitrogens with zero attached hydrogens (tertiary/aromatic N) is 5. The van der Waals surface area contributed by atoms with Crippen LogP contribution in [-0.4, -0.2) is 65.7 Å². The topological polar surface area (TPSA) is 118 Å². The number of thioether (sulfide) groups is 1. The van der Waals surface area contributed by atoms with Gasteiger partial charge in [-0.2, -0.15) is 5.26 Å². The van der Waals surface area contributed by atoms with Gasteiger partial charge in [-0.25, -0.2) is 4.99 Å². The molecule has 1 aromatic carbocycles. The van der Waals surface area contributed by atoms with E-state index in [1.165, 1.54) is 17.8 Å². The molecule has 2 rings (SSSR count). The quantitative estimate of drug-likeness (QED) is 0.199. The van der Waals surface area contributed by atoms with Crippen LogP contribution in [0.1, 0.15) is 0 Å². The Bertz CT molecular complexity index is 682. The monoisotopic (exact) mass is 364 g/mol. The molecule has 1 saturated heterocycles. The van der Waals surface area contributed by atoms with E-state index in [2.05, 4.69) is 15.2 Å². The number of nitro groups is 1. The van der Waals surface area contributed by atoms with E-state index in [0.717, 1.165) is 13.1 Å². The number of nitrogens with one attached hydrogen (secondary N) is 1. The fourth-order valence-electron chi connectivity index (χ4n) is 2.64. The van der Waals surface area contributed by atoms with Crippen molar-refractivity contribution in [3.8, 4) is 6.19 Å². The summed E-state index contributed by atoms with van der Waals surface area (Å²) in [6.45, 7) is 3.56. The van der Waals surface area contributed by atoms with Crippen LogP contribution in [0.15, 0.2) is 23.2 Å². The van der Waals surface area contributed by atoms with E-state index >= 15 is 0 Å². The average molecular weight is 364 g/mol. The number of amidine groups is 1. The third-order valence-corrected chi connectivity index (χ3v) is 4.45. The summed E-state index contributed by atoms with van der Waals surface area (Å²) in [5.74, 6) is 0. The van der Waals surface area contributed by atoms with Gasteiger partial charge >= 0.3 is 0 Å². The normalized spacial score (nSPS) is 15.7. The van der Waals surface area contributed by atoms with Crippen molar-refractivity contribution in [3.63, 3.8) is 0 Å². The van der Waals surface area contributed by atoms with Gasteiger partial charge in [0.2, 0.25) is 0 Å². The van der Waals surface area contributed by atoms with Crippen molar-refractivity contribution >= 4 is 34.0 Å². The second-order valence-corrected chi connectivity index (χ2v) is 6.14. The average Bonchev–Trinajstić information content (AvgIpc) is 2.62. The van der Waals surface area contributed by atoms with E-state index in [1.54, 1.807) is 24.6 Å². The predicted octanol–water partition coefficient (Wildman–Crippen LogP) is 1.13. The van der Waals surface area contributed by atoms with Crippen LogP contribution in [0.25, 0.3) is 0 Å². The van der Waals surface area contributed by atoms with Gasteiger partial charge in [0, 0.05) is 38.8 Å². The number of nitro benzene ring substituents is 1. The Labute approximate surface area is 150 Å². The number of aliphatic imine (C=N–C) groups is 1. The predicted molar refractivity (Wildman–Crippen MR) is 98.2 cm³/mol. The minimum Gasteiger partial charge on any atom is -0.395 e. The van der Waals surface area contributed by atoms with Crippen LogP contribution in [0, 0.1) is 21.6 Å². The van der Waals surface area contributed by atoms with E-state index in [-0.39, 0.29) is 12.3 Å². The molecule has 0 unspecified atom stereocenters. The van der Waals surface area contributed by atoms with Crippen molar-refractivity contribution in [2.75, 3.05) is 50.5 Å². The van der Waals surface area contributed by atoms with Crippen molar-refractivity contribution < 1.29 is 10.0 Å². The second-order valence-electron chi connectivity index (χ2n) is 5.34. The molecule has 0 aromatic heterocycles. The maximum atomic E-state index is 11.5. The molecule has 1 fully saturated rings. The van der Waals surface area contributed by atoms with Crippen LogP contribution in [0.2, 0.25) is 0 Å². The van der Waals surface area contributed by atoms with Crippen LogP contribution in [0.4, 0.5) is 17.1 Å². The van der Waals surface area contributed by atoms with Gasteiger partial charge in [-0.1, -0.05) is 11.8 Å². The van der Waals surface area contributed by atoms with Gasteiger partial charge < -0.3 is 10.0 Å². The molecule has 0 aliphatic carbocycles. The van der Waals surface area contributed by atoms with E-state index in [1.807, 2.05) is 4.90 Å². The molecule has 0 atom stereocenters. The molecule has 134 valence electrons. The fourth-order valence-corrected chi connectivity index (χ4v) is 2.98. The highest BCUT2D eigenvalue weighted by atomic mass is 32.2. The van der Waals surface area contributed by atoms with Crippen LogP contribution in [0.5, 0.6) is 0 Å². The van der Waals surface area contributed by atoms with Crippen molar-refractivity contribution in [1.29, 1.82) is 5.26 Å². The molecule has 0 saturated carbocycles. The molecule has 0 bridgehead atoms. The Morgan fingerprint density at radius 1 is 1.48 bits per heavy atom. The standard InChI is InChI=1S/C15H20N6O3S/c1-25-15(17-11-16)18-12-2-3-13(14(10-12)21(23)24)20-6-4-19(5-7-20)8-9-22/h2-3,10,22H,4-9H2,1H3,(H,17,18). The first-order chi connectivity index (χ1) is 12.1. The molecule has 1 aliphatic heterocycles. The highest BCUT2D eigenvalue weighted by molar-refractivity contribution is 8.13. The molecule has 1 aromatic rings. The maximum Gasteiger partial charge on any atom is 0.294 e. The number of hydrogen-bond acceptors (Lipinski definition) is 8. The van der Waals surface area contributed by atoms with E-state index in [4.69, 9.17) is 10.4 Å². The Morgan fingerprint density at radius 2 is 2.20 bits per heavy atom. The summed E-state index contributed by atoms with van der Waals surface area (Å²) < 4.78 is 0. The Kier molecular flexibility index (Phi) is 7.00. The zero-order chi connectivity index (χ0) is 18.2. The molecule has 10 heteroatoms. The lowest BCUT2D eigenvalue weighted by Crippen LogP contribution is -2.47. The van der Waals surface area contributed by atoms with Crippen molar-refractivity contribution in [2.45, 2.75) is 0 Å². The molecule has 9 nitrogen and oxygen atoms in total. The number of nitriles is 1. The molecule has 25 heavy (non-hydrogen) atoms. The van der Waals surface area contributed by atoms with Gasteiger partial charge in [0.05, 0.1) is 17.2 Å². The second kappa shape index (κ2) is 9.22. The van der Waals surface area contributed by atoms with E-state index in [0.29, 0.717) is 36.2 Å². The lowest BCUT2D eigenvalue weighted by molar-refractivity contribution is -0.384. The minimum atomic E-state index is -0.412. The lowest BCUT2D eigenvalue weighted by Gasteiger charge is -2.35. The summed E-state index contributed by atoms with van der Waals surface area (Å²) in [5.41, 5.74) is 0.974. The van der Waals surface area contributed by atoms with E-state index in [9.17, 15) is 10.1 Å². The van der Waals surface area contributed by atoms with Crippen LogP contribution in [0.3, 0.4) is 0 Å². The Balaban J connectivity index is 2.23. The highest BCUT2D eigenvalue weighted by Gasteiger charge is 2.24. The van der Waals surface area contributed by atoms with Crippen LogP contribution in [-0.2, 0) is 0 Å². The van der Waals surface area contributed by atoms with Crippen molar-refractivity contribution in [3.05, 3.63) is 28.3 Å². The number of anilines is 1. The maximum absolute atomic E-state index is 11.5. The summed E-state index contributed by atoms with van der Waals surface area (Å²) in [4.78, 5) is 19.4. The largest absolute Gasteiger partial charge is 0.395 e. The molecule has 0 radical (unpaired) electrons. The molecule has 1 aliphatic rings. The number of piperazine rings is 1. The van der Waals surface area contributed by atoms with Gasteiger partial charge in [0.1, 0.15) is 5.69 Å². The zero-order valence-electron chi connectivity index (χ0n) is 13.9. The van der Waals surface area contributed by atoms with Gasteiger partial charge in [0.25, 0.3) is 5.69 Å². The summed E-state index contributed by atoms with van der Waals surface area (Å²) in [6.07, 6.45) is 3.55. The fraction of sp³-hybridized carbons (Fsp3) is 0.467. The number of aliphatic hydroxyl groups is 1. The molecule has 1 heterocycles. The number of benzene rings is 1. The Hall–Kier alpha value is -2.35. The molecule has 0 spiro atoms. The number of β-amino-alcohol motifs (C(OH)–C–C–N with tert-alkyl or cyclic N) is 1. The third-order valence-electron chi connectivity index (χ3n) is 3.87. The number of aliphatic hydroxyl groups excluding tert-OH is 1. The minimum absolute atomic E-state index is 0.00531. The first-order valence-electron chi connectivity index (χ1n) is 7.73. The summed E-state index contributed by atoms with van der Waals surface area (Å²) >= 11 is 1.25. The first-order valence-corrected chi connectivity index (χ1v) is 8.96. The molecular formula is C15H20N6O3S. The third kappa shape index (κ3) is 5.06. The number of hydrogen-bond donors (Lipinski definition) is 2.